The summed E-state index contributed by atoms with van der Waals surface area (Å²) in [6.07, 6.45) is 5.27. The van der Waals surface area contributed by atoms with Gasteiger partial charge in [-0.25, -0.2) is 4.79 Å². The summed E-state index contributed by atoms with van der Waals surface area (Å²) < 4.78 is 10.4. The fourth-order valence-electron chi connectivity index (χ4n) is 4.13. The Balaban J connectivity index is 1.83. The van der Waals surface area contributed by atoms with E-state index in [-0.39, 0.29) is 12.3 Å². The summed E-state index contributed by atoms with van der Waals surface area (Å²) in [5, 5.41) is 14.7. The number of aliphatic hydroxyl groups excluding tert-OH is 1. The lowest BCUT2D eigenvalue weighted by molar-refractivity contribution is 0.268. The third-order valence-corrected chi connectivity index (χ3v) is 5.75. The summed E-state index contributed by atoms with van der Waals surface area (Å²) in [4.78, 5) is 22.1. The molecule has 0 fully saturated rings. The van der Waals surface area contributed by atoms with Crippen molar-refractivity contribution in [1.29, 1.82) is 0 Å². The highest BCUT2D eigenvalue weighted by Gasteiger charge is 2.19. The van der Waals surface area contributed by atoms with Crippen molar-refractivity contribution < 1.29 is 9.84 Å². The summed E-state index contributed by atoms with van der Waals surface area (Å²) in [6.45, 7) is 1.68. The van der Waals surface area contributed by atoms with Gasteiger partial charge in [0.05, 0.1) is 47.8 Å². The predicted molar refractivity (Wildman–Crippen MR) is 121 cm³/mol. The van der Waals surface area contributed by atoms with Gasteiger partial charge in [-0.05, 0) is 30.7 Å². The Kier molecular flexibility index (Phi) is 4.56. The highest BCUT2D eigenvalue weighted by Crippen LogP contribution is 2.31. The van der Waals surface area contributed by atoms with E-state index in [1.807, 2.05) is 44.4 Å². The summed E-state index contributed by atoms with van der Waals surface area (Å²) in [6, 6.07) is 7.73. The molecule has 32 heavy (non-hydrogen) atoms. The molecule has 1 aromatic carbocycles. The minimum absolute atomic E-state index is 0.161. The molecule has 0 atom stereocenters. The number of aryl methyl sites for hydroxylation is 3. The summed E-state index contributed by atoms with van der Waals surface area (Å²) >= 11 is 0. The molecule has 5 aromatic rings. The fourth-order valence-corrected chi connectivity index (χ4v) is 4.13. The molecule has 0 saturated heterocycles. The van der Waals surface area contributed by atoms with Crippen molar-refractivity contribution in [3.8, 4) is 22.6 Å². The molecule has 0 aliphatic rings. The molecule has 0 bridgehead atoms. The van der Waals surface area contributed by atoms with Gasteiger partial charge in [-0.15, -0.1) is 0 Å². The molecule has 162 valence electrons. The molecular weight excluding hydrogens is 408 g/mol. The molecule has 0 amide bonds. The Labute approximate surface area is 183 Å². The lowest BCUT2D eigenvalue weighted by Crippen LogP contribution is -2.21. The van der Waals surface area contributed by atoms with Crippen LogP contribution < -0.4 is 10.4 Å². The number of methoxy groups -OCH3 is 1. The van der Waals surface area contributed by atoms with Crippen LogP contribution in [-0.2, 0) is 20.7 Å². The Morgan fingerprint density at radius 3 is 2.59 bits per heavy atom. The van der Waals surface area contributed by atoms with Crippen molar-refractivity contribution >= 4 is 21.9 Å². The number of imidazole rings is 1. The lowest BCUT2D eigenvalue weighted by Gasteiger charge is -2.10. The Morgan fingerprint density at radius 1 is 1.09 bits per heavy atom. The van der Waals surface area contributed by atoms with Crippen LogP contribution in [0.15, 0.2) is 47.7 Å². The second-order valence-corrected chi connectivity index (χ2v) is 7.71. The van der Waals surface area contributed by atoms with E-state index in [4.69, 9.17) is 4.74 Å². The van der Waals surface area contributed by atoms with Crippen LogP contribution >= 0.6 is 0 Å². The normalized spacial score (nSPS) is 11.5. The molecule has 1 N–H and O–H groups in total. The SMILES string of the molecule is COc1cc(-c2ccc3ncc4c(c3c2)n(-c2cn(C)nc2C)c(=O)n4C)cnc1CO. The van der Waals surface area contributed by atoms with Crippen LogP contribution in [0.4, 0.5) is 0 Å². The predicted octanol–water partition coefficient (Wildman–Crippen LogP) is 2.48. The maximum absolute atomic E-state index is 13.2. The fraction of sp³-hybridized carbons (Fsp3) is 0.217. The van der Waals surface area contributed by atoms with Gasteiger partial charge in [0.15, 0.2) is 0 Å². The molecule has 0 radical (unpaired) electrons. The van der Waals surface area contributed by atoms with E-state index >= 15 is 0 Å². The molecule has 4 heterocycles. The molecule has 0 saturated carbocycles. The standard InChI is InChI=1S/C23H22N6O3/c1-13-20(11-27(2)26-13)29-22-16-7-14(15-8-21(32-4)18(12-30)24-9-15)5-6-17(16)25-10-19(22)28(3)23(29)31/h5-11,30H,12H2,1-4H3. The summed E-state index contributed by atoms with van der Waals surface area (Å²) in [5.74, 6) is 0.518. The Morgan fingerprint density at radius 2 is 1.91 bits per heavy atom. The summed E-state index contributed by atoms with van der Waals surface area (Å²) in [7, 11) is 5.13. The topological polar surface area (TPSA) is 100.0 Å². The van der Waals surface area contributed by atoms with Crippen molar-refractivity contribution in [3.63, 3.8) is 0 Å². The molecule has 5 rings (SSSR count). The average molecular weight is 430 g/mol. The van der Waals surface area contributed by atoms with Crippen LogP contribution in [0.5, 0.6) is 5.75 Å². The highest BCUT2D eigenvalue weighted by molar-refractivity contribution is 6.04. The minimum Gasteiger partial charge on any atom is -0.495 e. The quantitative estimate of drug-likeness (QED) is 0.470. The van der Waals surface area contributed by atoms with Crippen molar-refractivity contribution in [1.82, 2.24) is 28.9 Å². The number of benzene rings is 1. The Bertz CT molecular complexity index is 1560. The first-order valence-corrected chi connectivity index (χ1v) is 10.1. The number of aromatic nitrogens is 6. The van der Waals surface area contributed by atoms with Gasteiger partial charge < -0.3 is 9.84 Å². The van der Waals surface area contributed by atoms with Gasteiger partial charge in [0.1, 0.15) is 11.4 Å². The first-order valence-electron chi connectivity index (χ1n) is 10.1. The van der Waals surface area contributed by atoms with Gasteiger partial charge in [0.2, 0.25) is 0 Å². The largest absolute Gasteiger partial charge is 0.495 e. The molecular formula is C23H22N6O3. The molecule has 0 spiro atoms. The van der Waals surface area contributed by atoms with Gasteiger partial charge in [0, 0.05) is 37.4 Å². The first kappa shape index (κ1) is 20.0. The molecule has 0 aliphatic carbocycles. The van der Waals surface area contributed by atoms with Crippen LogP contribution in [0, 0.1) is 6.92 Å². The van der Waals surface area contributed by atoms with Gasteiger partial charge in [0.25, 0.3) is 0 Å². The van der Waals surface area contributed by atoms with E-state index in [1.54, 1.807) is 40.4 Å². The Hall–Kier alpha value is -3.98. The minimum atomic E-state index is -0.202. The number of nitrogens with zero attached hydrogens (tertiary/aromatic N) is 6. The van der Waals surface area contributed by atoms with Crippen molar-refractivity contribution in [2.24, 2.45) is 14.1 Å². The number of ether oxygens (including phenoxy) is 1. The summed E-state index contributed by atoms with van der Waals surface area (Å²) in [5.41, 5.74) is 5.81. The lowest BCUT2D eigenvalue weighted by atomic mass is 10.0. The molecule has 9 nitrogen and oxygen atoms in total. The zero-order chi connectivity index (χ0) is 22.6. The van der Waals surface area contributed by atoms with Crippen LogP contribution in [0.25, 0.3) is 38.8 Å². The van der Waals surface area contributed by atoms with E-state index in [1.165, 1.54) is 0 Å². The third-order valence-electron chi connectivity index (χ3n) is 5.75. The monoisotopic (exact) mass is 430 g/mol. The maximum atomic E-state index is 13.2. The molecule has 0 aliphatic heterocycles. The highest BCUT2D eigenvalue weighted by atomic mass is 16.5. The van der Waals surface area contributed by atoms with E-state index < -0.39 is 0 Å². The maximum Gasteiger partial charge on any atom is 0.333 e. The van der Waals surface area contributed by atoms with E-state index in [0.29, 0.717) is 11.4 Å². The number of aliphatic hydroxyl groups is 1. The van der Waals surface area contributed by atoms with Crippen LogP contribution in [0.1, 0.15) is 11.4 Å². The van der Waals surface area contributed by atoms with Crippen LogP contribution in [-0.4, -0.2) is 41.1 Å². The number of hydrogen-bond donors (Lipinski definition) is 1. The number of fused-ring (bicyclic) bond motifs is 3. The second kappa shape index (κ2) is 7.31. The second-order valence-electron chi connectivity index (χ2n) is 7.71. The number of hydrogen-bond acceptors (Lipinski definition) is 6. The number of pyridine rings is 2. The van der Waals surface area contributed by atoms with Crippen molar-refractivity contribution in [2.75, 3.05) is 7.11 Å². The van der Waals surface area contributed by atoms with E-state index in [0.717, 1.165) is 44.4 Å². The van der Waals surface area contributed by atoms with Gasteiger partial charge in [-0.2, -0.15) is 5.10 Å². The van der Waals surface area contributed by atoms with Crippen LogP contribution in [0.2, 0.25) is 0 Å². The smallest absolute Gasteiger partial charge is 0.333 e. The van der Waals surface area contributed by atoms with Crippen molar-refractivity contribution in [3.05, 3.63) is 64.7 Å². The zero-order valence-electron chi connectivity index (χ0n) is 18.2. The van der Waals surface area contributed by atoms with E-state index in [9.17, 15) is 9.90 Å². The molecule has 4 aromatic heterocycles. The van der Waals surface area contributed by atoms with Crippen molar-refractivity contribution in [2.45, 2.75) is 13.5 Å². The van der Waals surface area contributed by atoms with E-state index in [2.05, 4.69) is 15.1 Å². The van der Waals surface area contributed by atoms with Gasteiger partial charge >= 0.3 is 5.69 Å². The number of rotatable bonds is 4. The van der Waals surface area contributed by atoms with Crippen LogP contribution in [0.3, 0.4) is 0 Å². The third kappa shape index (κ3) is 2.89. The van der Waals surface area contributed by atoms with Gasteiger partial charge in [-0.1, -0.05) is 6.07 Å². The average Bonchev–Trinajstić information content (AvgIpc) is 3.27. The first-order chi connectivity index (χ1) is 15.4. The van der Waals surface area contributed by atoms with Gasteiger partial charge in [-0.3, -0.25) is 23.8 Å². The molecule has 0 unspecified atom stereocenters. The molecule has 9 heteroatoms. The zero-order valence-corrected chi connectivity index (χ0v) is 18.2.